The summed E-state index contributed by atoms with van der Waals surface area (Å²) in [6.07, 6.45) is 4.99. The van der Waals surface area contributed by atoms with Crippen LogP contribution in [-0.2, 0) is 10.0 Å². The molecule has 1 aliphatic carbocycles. The van der Waals surface area contributed by atoms with Crippen LogP contribution in [0.4, 0.5) is 0 Å². The monoisotopic (exact) mass is 307 g/mol. The minimum absolute atomic E-state index is 0.536. The van der Waals surface area contributed by atoms with Crippen molar-refractivity contribution < 1.29 is 8.42 Å². The molecule has 116 valence electrons. The predicted octanol–water partition coefficient (Wildman–Crippen LogP) is 3.73. The van der Waals surface area contributed by atoms with Gasteiger partial charge in [0.25, 0.3) is 0 Å². The topological polar surface area (TPSA) is 46.2 Å². The van der Waals surface area contributed by atoms with Crippen LogP contribution in [0.3, 0.4) is 0 Å². The van der Waals surface area contributed by atoms with Crippen LogP contribution in [0, 0.1) is 0 Å². The van der Waals surface area contributed by atoms with Crippen LogP contribution >= 0.6 is 0 Å². The van der Waals surface area contributed by atoms with E-state index in [0.717, 1.165) is 30.4 Å². The average molecular weight is 307 g/mol. The first-order chi connectivity index (χ1) is 9.66. The molecule has 1 N–H and O–H groups in total. The van der Waals surface area contributed by atoms with Crippen LogP contribution in [0.1, 0.15) is 52.5 Å². The summed E-state index contributed by atoms with van der Waals surface area (Å²) in [4.78, 5) is 0. The Morgan fingerprint density at radius 2 is 1.76 bits per heavy atom. The van der Waals surface area contributed by atoms with E-state index in [2.05, 4.69) is 10.8 Å². The molecule has 1 atom stereocenters. The lowest BCUT2D eigenvalue weighted by Gasteiger charge is -2.38. The molecule has 2 rings (SSSR count). The largest absolute Gasteiger partial charge is 0.217 e. The van der Waals surface area contributed by atoms with Gasteiger partial charge in [-0.25, -0.2) is 13.1 Å². The summed E-state index contributed by atoms with van der Waals surface area (Å²) in [7, 11) is -3.39. The first kappa shape index (κ1) is 16.2. The summed E-state index contributed by atoms with van der Waals surface area (Å²) in [6.45, 7) is 7.18. The van der Waals surface area contributed by atoms with Gasteiger partial charge >= 0.3 is 0 Å². The first-order valence-electron chi connectivity index (χ1n) is 7.45. The van der Waals surface area contributed by atoms with Crippen LogP contribution in [0.2, 0.25) is 0 Å². The highest BCUT2D eigenvalue weighted by atomic mass is 32.2. The van der Waals surface area contributed by atoms with E-state index in [9.17, 15) is 8.42 Å². The van der Waals surface area contributed by atoms with E-state index in [4.69, 9.17) is 0 Å². The van der Waals surface area contributed by atoms with Crippen molar-refractivity contribution in [3.05, 3.63) is 42.0 Å². The molecule has 0 bridgehead atoms. The molecule has 21 heavy (non-hydrogen) atoms. The Kier molecular flexibility index (Phi) is 4.31. The van der Waals surface area contributed by atoms with Crippen LogP contribution in [0.25, 0.3) is 5.57 Å². The second-order valence-electron chi connectivity index (χ2n) is 6.93. The lowest BCUT2D eigenvalue weighted by molar-refractivity contribution is 0.445. The summed E-state index contributed by atoms with van der Waals surface area (Å²) in [5, 5.41) is 0. The summed E-state index contributed by atoms with van der Waals surface area (Å²) < 4.78 is 27.3. The van der Waals surface area contributed by atoms with Gasteiger partial charge in [0.15, 0.2) is 0 Å². The molecule has 1 aromatic carbocycles. The third-order valence-corrected chi connectivity index (χ3v) is 6.41. The summed E-state index contributed by atoms with van der Waals surface area (Å²) in [6, 6.07) is 10.0. The molecule has 0 amide bonds. The zero-order valence-corrected chi connectivity index (χ0v) is 14.1. The second-order valence-corrected chi connectivity index (χ2v) is 9.36. The molecule has 0 heterocycles. The van der Waals surface area contributed by atoms with Gasteiger partial charge in [-0.2, -0.15) is 0 Å². The number of allylic oxidation sites excluding steroid dienone is 1. The fraction of sp³-hybridized carbons (Fsp3) is 0.529. The SMILES string of the molecule is CC1(NS(=O)(=O)C(C)(C)C)CCCC=C1c1ccccc1. The molecular weight excluding hydrogens is 282 g/mol. The Balaban J connectivity index is 2.40. The Labute approximate surface area is 128 Å². The summed E-state index contributed by atoms with van der Waals surface area (Å²) in [5.74, 6) is 0. The molecule has 0 saturated carbocycles. The molecule has 4 heteroatoms. The minimum Gasteiger partial charge on any atom is -0.212 e. The number of sulfonamides is 1. The fourth-order valence-corrected chi connectivity index (χ4v) is 3.78. The summed E-state index contributed by atoms with van der Waals surface area (Å²) >= 11 is 0. The third kappa shape index (κ3) is 3.38. The molecule has 1 aromatic rings. The third-order valence-electron chi connectivity index (χ3n) is 4.07. The molecule has 0 saturated heterocycles. The molecule has 0 radical (unpaired) electrons. The number of benzene rings is 1. The van der Waals surface area contributed by atoms with Crippen molar-refractivity contribution in [2.75, 3.05) is 0 Å². The Hall–Kier alpha value is -1.13. The van der Waals surface area contributed by atoms with Gasteiger partial charge in [0.05, 0.1) is 10.3 Å². The number of rotatable bonds is 3. The Bertz CT molecular complexity index is 627. The fourth-order valence-electron chi connectivity index (χ4n) is 2.67. The number of nitrogens with one attached hydrogen (secondary N) is 1. The highest BCUT2D eigenvalue weighted by Crippen LogP contribution is 2.37. The van der Waals surface area contributed by atoms with Crippen LogP contribution in [0.5, 0.6) is 0 Å². The van der Waals surface area contributed by atoms with Gasteiger partial charge in [-0.1, -0.05) is 36.4 Å². The van der Waals surface area contributed by atoms with Gasteiger partial charge in [-0.05, 0) is 58.1 Å². The van der Waals surface area contributed by atoms with E-state index in [1.54, 1.807) is 20.8 Å². The van der Waals surface area contributed by atoms with Crippen molar-refractivity contribution in [1.29, 1.82) is 0 Å². The van der Waals surface area contributed by atoms with E-state index in [1.165, 1.54) is 0 Å². The van der Waals surface area contributed by atoms with Gasteiger partial charge in [0.2, 0.25) is 10.0 Å². The van der Waals surface area contributed by atoms with E-state index in [-0.39, 0.29) is 0 Å². The molecule has 0 aliphatic heterocycles. The van der Waals surface area contributed by atoms with Crippen molar-refractivity contribution in [2.45, 2.75) is 57.2 Å². The standard InChI is InChI=1S/C17H25NO2S/c1-16(2,3)21(19,20)18-17(4)13-9-8-12-15(17)14-10-6-5-7-11-14/h5-7,10-12,18H,8-9,13H2,1-4H3. The molecular formula is C17H25NO2S. The van der Waals surface area contributed by atoms with Gasteiger partial charge in [-0.3, -0.25) is 0 Å². The van der Waals surface area contributed by atoms with Gasteiger partial charge in [-0.15, -0.1) is 0 Å². The van der Waals surface area contributed by atoms with Crippen molar-refractivity contribution >= 4 is 15.6 Å². The maximum atomic E-state index is 12.6. The summed E-state index contributed by atoms with van der Waals surface area (Å²) in [5.41, 5.74) is 1.64. The van der Waals surface area contributed by atoms with Gasteiger partial charge in [0, 0.05) is 0 Å². The second kappa shape index (κ2) is 5.58. The van der Waals surface area contributed by atoms with Gasteiger partial charge < -0.3 is 0 Å². The number of hydrogen-bond donors (Lipinski definition) is 1. The zero-order chi connectivity index (χ0) is 15.7. The van der Waals surface area contributed by atoms with Crippen LogP contribution in [0.15, 0.2) is 36.4 Å². The predicted molar refractivity (Wildman–Crippen MR) is 88.5 cm³/mol. The van der Waals surface area contributed by atoms with E-state index < -0.39 is 20.3 Å². The first-order valence-corrected chi connectivity index (χ1v) is 8.94. The Morgan fingerprint density at radius 1 is 1.14 bits per heavy atom. The highest BCUT2D eigenvalue weighted by molar-refractivity contribution is 7.90. The van der Waals surface area contributed by atoms with E-state index in [1.807, 2.05) is 37.3 Å². The minimum atomic E-state index is -3.39. The number of hydrogen-bond acceptors (Lipinski definition) is 2. The van der Waals surface area contributed by atoms with Crippen molar-refractivity contribution in [3.8, 4) is 0 Å². The van der Waals surface area contributed by atoms with E-state index in [0.29, 0.717) is 0 Å². The quantitative estimate of drug-likeness (QED) is 0.925. The van der Waals surface area contributed by atoms with E-state index >= 15 is 0 Å². The molecule has 0 spiro atoms. The van der Waals surface area contributed by atoms with Gasteiger partial charge in [0.1, 0.15) is 0 Å². The Morgan fingerprint density at radius 3 is 2.33 bits per heavy atom. The maximum absolute atomic E-state index is 12.6. The lowest BCUT2D eigenvalue weighted by Crippen LogP contribution is -2.52. The van der Waals surface area contributed by atoms with Crippen LogP contribution in [-0.4, -0.2) is 18.7 Å². The van der Waals surface area contributed by atoms with Crippen molar-refractivity contribution in [1.82, 2.24) is 4.72 Å². The maximum Gasteiger partial charge on any atom is 0.217 e. The van der Waals surface area contributed by atoms with Crippen molar-refractivity contribution in [2.24, 2.45) is 0 Å². The lowest BCUT2D eigenvalue weighted by atomic mass is 9.79. The molecule has 0 aromatic heterocycles. The normalized spacial score (nSPS) is 23.7. The average Bonchev–Trinajstić information content (AvgIpc) is 2.38. The highest BCUT2D eigenvalue weighted by Gasteiger charge is 2.40. The molecule has 3 nitrogen and oxygen atoms in total. The molecule has 1 aliphatic rings. The molecule has 1 unspecified atom stereocenters. The van der Waals surface area contributed by atoms with Crippen molar-refractivity contribution in [3.63, 3.8) is 0 Å². The smallest absolute Gasteiger partial charge is 0.212 e. The zero-order valence-electron chi connectivity index (χ0n) is 13.3. The van der Waals surface area contributed by atoms with Crippen LogP contribution < -0.4 is 4.72 Å². The molecule has 0 fully saturated rings.